The molecule has 0 bridgehead atoms. The maximum atomic E-state index is 13.6. The lowest BCUT2D eigenvalue weighted by Gasteiger charge is -2.39. The van der Waals surface area contributed by atoms with Gasteiger partial charge in [-0.15, -0.1) is 11.3 Å². The largest absolute Gasteiger partial charge is 0.495 e. The van der Waals surface area contributed by atoms with E-state index in [1.165, 1.54) is 0 Å². The van der Waals surface area contributed by atoms with Crippen molar-refractivity contribution in [2.24, 2.45) is 0 Å². The van der Waals surface area contributed by atoms with Gasteiger partial charge in [-0.2, -0.15) is 0 Å². The van der Waals surface area contributed by atoms with E-state index in [0.717, 1.165) is 16.0 Å². The van der Waals surface area contributed by atoms with Crippen LogP contribution in [0.2, 0.25) is 0 Å². The average molecular weight is 407 g/mol. The molecule has 4 rings (SSSR count). The Labute approximate surface area is 173 Å². The summed E-state index contributed by atoms with van der Waals surface area (Å²) < 4.78 is 5.42. The number of rotatable bonds is 4. The summed E-state index contributed by atoms with van der Waals surface area (Å²) in [6.07, 6.45) is 0. The van der Waals surface area contributed by atoms with Crippen molar-refractivity contribution in [2.75, 3.05) is 19.5 Å². The number of hydrogen-bond donors (Lipinski definition) is 1. The maximum absolute atomic E-state index is 13.6. The molecule has 148 valence electrons. The van der Waals surface area contributed by atoms with Gasteiger partial charge in [-0.1, -0.05) is 30.3 Å². The molecule has 2 atom stereocenters. The molecule has 2 amide bonds. The number of nitrogens with one attached hydrogen (secondary N) is 1. The Bertz CT molecular complexity index is 1060. The summed E-state index contributed by atoms with van der Waals surface area (Å²) >= 11 is 1.55. The quantitative estimate of drug-likeness (QED) is 0.688. The van der Waals surface area contributed by atoms with Crippen molar-refractivity contribution in [3.63, 3.8) is 0 Å². The Morgan fingerprint density at radius 1 is 1.14 bits per heavy atom. The highest BCUT2D eigenvalue weighted by atomic mass is 32.1. The molecule has 0 aliphatic carbocycles. The number of nitrogens with zero attached hydrogens (tertiary/aromatic N) is 1. The van der Waals surface area contributed by atoms with Gasteiger partial charge >= 0.3 is 0 Å². The zero-order valence-corrected chi connectivity index (χ0v) is 17.3. The lowest BCUT2D eigenvalue weighted by Crippen LogP contribution is -2.43. The van der Waals surface area contributed by atoms with Crippen molar-refractivity contribution >= 4 is 28.8 Å². The van der Waals surface area contributed by atoms with Gasteiger partial charge < -0.3 is 15.0 Å². The van der Waals surface area contributed by atoms with E-state index in [1.54, 1.807) is 36.5 Å². The first-order valence-electron chi connectivity index (χ1n) is 9.36. The molecule has 0 saturated carbocycles. The Balaban J connectivity index is 1.80. The highest BCUT2D eigenvalue weighted by Crippen LogP contribution is 2.44. The maximum Gasteiger partial charge on any atom is 0.254 e. The van der Waals surface area contributed by atoms with Crippen molar-refractivity contribution < 1.29 is 14.3 Å². The summed E-state index contributed by atoms with van der Waals surface area (Å²) in [6, 6.07) is 16.6. The molecule has 3 aromatic rings. The van der Waals surface area contributed by atoms with Gasteiger partial charge in [0.15, 0.2) is 0 Å². The van der Waals surface area contributed by atoms with Gasteiger partial charge in [0, 0.05) is 17.5 Å². The number of anilines is 1. The van der Waals surface area contributed by atoms with Crippen LogP contribution in [0.3, 0.4) is 0 Å². The van der Waals surface area contributed by atoms with Gasteiger partial charge in [-0.05, 0) is 47.7 Å². The second-order valence-electron chi connectivity index (χ2n) is 7.13. The number of aryl methyl sites for hydroxylation is 1. The first-order valence-corrected chi connectivity index (χ1v) is 10.2. The van der Waals surface area contributed by atoms with Crippen LogP contribution < -0.4 is 10.1 Å². The number of fused-ring (bicyclic) bond motifs is 1. The molecule has 0 spiro atoms. The highest BCUT2D eigenvalue weighted by Gasteiger charge is 2.43. The molecular formula is C23H22N2O3S. The van der Waals surface area contributed by atoms with E-state index < -0.39 is 5.92 Å². The molecule has 5 nitrogen and oxygen atoms in total. The Morgan fingerprint density at radius 2 is 1.93 bits per heavy atom. The molecular weight excluding hydrogens is 384 g/mol. The predicted octanol–water partition coefficient (Wildman–Crippen LogP) is 4.61. The fraction of sp³-hybridized carbons (Fsp3) is 0.217. The van der Waals surface area contributed by atoms with Crippen molar-refractivity contribution in [3.8, 4) is 5.75 Å². The number of thiophene rings is 1. The summed E-state index contributed by atoms with van der Waals surface area (Å²) in [5, 5.41) is 5.01. The monoisotopic (exact) mass is 406 g/mol. The van der Waals surface area contributed by atoms with E-state index in [1.807, 2.05) is 60.8 Å². The number of methoxy groups -OCH3 is 1. The number of benzene rings is 2. The van der Waals surface area contributed by atoms with Crippen molar-refractivity contribution in [3.05, 3.63) is 81.5 Å². The van der Waals surface area contributed by atoms with Crippen LogP contribution in [0, 0.1) is 6.92 Å². The number of carbonyl (C=O) groups excluding carboxylic acids is 2. The van der Waals surface area contributed by atoms with Crippen molar-refractivity contribution in [1.82, 2.24) is 4.90 Å². The van der Waals surface area contributed by atoms with Crippen LogP contribution in [0.1, 0.15) is 38.3 Å². The van der Waals surface area contributed by atoms with Gasteiger partial charge in [0.25, 0.3) is 5.91 Å². The SMILES string of the molecule is COc1ccc(C)cc1NC(=O)C1c2ccccc2C(=O)N(C)C1c1cccs1. The highest BCUT2D eigenvalue weighted by molar-refractivity contribution is 7.10. The molecule has 0 saturated heterocycles. The minimum absolute atomic E-state index is 0.0730. The molecule has 1 aliphatic heterocycles. The van der Waals surface area contributed by atoms with Gasteiger partial charge in [0.05, 0.1) is 24.8 Å². The summed E-state index contributed by atoms with van der Waals surface area (Å²) in [5.41, 5.74) is 2.96. The predicted molar refractivity (Wildman–Crippen MR) is 115 cm³/mol. The van der Waals surface area contributed by atoms with Gasteiger partial charge in [0.2, 0.25) is 5.91 Å². The van der Waals surface area contributed by atoms with Crippen LogP contribution >= 0.6 is 11.3 Å². The second kappa shape index (κ2) is 7.72. The van der Waals surface area contributed by atoms with E-state index >= 15 is 0 Å². The van der Waals surface area contributed by atoms with Crippen LogP contribution in [-0.4, -0.2) is 30.9 Å². The molecule has 1 N–H and O–H groups in total. The minimum Gasteiger partial charge on any atom is -0.495 e. The number of ether oxygens (including phenoxy) is 1. The topological polar surface area (TPSA) is 58.6 Å². The first-order chi connectivity index (χ1) is 14.0. The molecule has 2 unspecified atom stereocenters. The van der Waals surface area contributed by atoms with E-state index in [-0.39, 0.29) is 17.9 Å². The molecule has 1 aliphatic rings. The summed E-state index contributed by atoms with van der Waals surface area (Å²) in [4.78, 5) is 29.2. The first kappa shape index (κ1) is 19.2. The standard InChI is InChI=1S/C23H22N2O3S/c1-14-10-11-18(28-3)17(13-14)24-22(26)20-15-7-4-5-8-16(15)23(27)25(2)21(20)19-9-6-12-29-19/h4-13,20-21H,1-3H3,(H,24,26). The fourth-order valence-corrected chi connectivity index (χ4v) is 4.81. The molecule has 1 aromatic heterocycles. The summed E-state index contributed by atoms with van der Waals surface area (Å²) in [5.74, 6) is -0.168. The Kier molecular flexibility index (Phi) is 5.11. The third-order valence-electron chi connectivity index (χ3n) is 5.31. The van der Waals surface area contributed by atoms with Crippen LogP contribution in [0.5, 0.6) is 5.75 Å². The Hall–Kier alpha value is -3.12. The van der Waals surface area contributed by atoms with Crippen LogP contribution in [-0.2, 0) is 4.79 Å². The number of carbonyl (C=O) groups is 2. The fourth-order valence-electron chi connectivity index (χ4n) is 3.90. The van der Waals surface area contributed by atoms with Crippen LogP contribution in [0.4, 0.5) is 5.69 Å². The van der Waals surface area contributed by atoms with Gasteiger partial charge in [0.1, 0.15) is 5.75 Å². The van der Waals surface area contributed by atoms with Crippen molar-refractivity contribution in [2.45, 2.75) is 18.9 Å². The summed E-state index contributed by atoms with van der Waals surface area (Å²) in [6.45, 7) is 1.96. The average Bonchev–Trinajstić information content (AvgIpc) is 3.25. The number of likely N-dealkylation sites (N-methyl/N-ethyl adjacent to an activating group) is 1. The minimum atomic E-state index is -0.530. The van der Waals surface area contributed by atoms with E-state index in [4.69, 9.17) is 4.74 Å². The molecule has 0 radical (unpaired) electrons. The molecule has 29 heavy (non-hydrogen) atoms. The van der Waals surface area contributed by atoms with Gasteiger partial charge in [-0.3, -0.25) is 9.59 Å². The van der Waals surface area contributed by atoms with E-state index in [2.05, 4.69) is 5.32 Å². The normalized spacial score (nSPS) is 18.3. The zero-order chi connectivity index (χ0) is 20.5. The smallest absolute Gasteiger partial charge is 0.254 e. The molecule has 6 heteroatoms. The van der Waals surface area contributed by atoms with Gasteiger partial charge in [-0.25, -0.2) is 0 Å². The molecule has 2 heterocycles. The molecule has 2 aromatic carbocycles. The second-order valence-corrected chi connectivity index (χ2v) is 8.11. The Morgan fingerprint density at radius 3 is 2.66 bits per heavy atom. The third kappa shape index (κ3) is 3.40. The van der Waals surface area contributed by atoms with E-state index in [9.17, 15) is 9.59 Å². The zero-order valence-electron chi connectivity index (χ0n) is 16.5. The molecule has 0 fully saturated rings. The lowest BCUT2D eigenvalue weighted by molar-refractivity contribution is -0.119. The number of hydrogen-bond acceptors (Lipinski definition) is 4. The number of amides is 2. The third-order valence-corrected chi connectivity index (χ3v) is 6.25. The van der Waals surface area contributed by atoms with Crippen LogP contribution in [0.15, 0.2) is 60.0 Å². The summed E-state index contributed by atoms with van der Waals surface area (Å²) in [7, 11) is 3.34. The van der Waals surface area contributed by atoms with Crippen molar-refractivity contribution in [1.29, 1.82) is 0 Å². The van der Waals surface area contributed by atoms with Crippen LogP contribution in [0.25, 0.3) is 0 Å². The lowest BCUT2D eigenvalue weighted by atomic mass is 9.81. The van der Waals surface area contributed by atoms with E-state index in [0.29, 0.717) is 17.0 Å².